The van der Waals surface area contributed by atoms with Crippen LogP contribution in [0, 0.1) is 6.92 Å². The lowest BCUT2D eigenvalue weighted by Gasteiger charge is -2.09. The van der Waals surface area contributed by atoms with Crippen molar-refractivity contribution in [3.8, 4) is 17.0 Å². The average molecular weight is 267 g/mol. The molecule has 3 aromatic rings. The maximum absolute atomic E-state index is 12.1. The van der Waals surface area contributed by atoms with Crippen molar-refractivity contribution < 1.29 is 4.74 Å². The normalized spacial score (nSPS) is 10.7. The molecule has 20 heavy (non-hydrogen) atoms. The number of ether oxygens (including phenoxy) is 1. The highest BCUT2D eigenvalue weighted by molar-refractivity contribution is 5.95. The molecule has 0 aliphatic carbocycles. The number of rotatable bonds is 2. The first-order valence-electron chi connectivity index (χ1n) is 6.18. The molecule has 100 valence electrons. The summed E-state index contributed by atoms with van der Waals surface area (Å²) >= 11 is 0. The van der Waals surface area contributed by atoms with Gasteiger partial charge in [0.15, 0.2) is 0 Å². The van der Waals surface area contributed by atoms with E-state index in [1.165, 1.54) is 6.33 Å². The van der Waals surface area contributed by atoms with E-state index < -0.39 is 0 Å². The van der Waals surface area contributed by atoms with Crippen molar-refractivity contribution in [1.29, 1.82) is 0 Å². The van der Waals surface area contributed by atoms with E-state index in [1.807, 2.05) is 25.1 Å². The lowest BCUT2D eigenvalue weighted by molar-refractivity contribution is 0.398. The largest absolute Gasteiger partial charge is 0.481 e. The molecule has 0 bridgehead atoms. The summed E-state index contributed by atoms with van der Waals surface area (Å²) < 4.78 is 5.06. The predicted octanol–water partition coefficient (Wildman–Crippen LogP) is 2.30. The van der Waals surface area contributed by atoms with Crippen LogP contribution in [0.15, 0.2) is 41.6 Å². The summed E-state index contributed by atoms with van der Waals surface area (Å²) in [5.74, 6) is 0.540. The number of H-pyrrole nitrogens is 1. The number of aryl methyl sites for hydroxylation is 1. The standard InChI is InChI=1S/C15H13N3O2/c1-9-3-5-11-14(15(19)18-8-17-11)13(9)10-4-6-12(20-2)16-7-10/h3-8H,1-2H3,(H,17,18,19). The van der Waals surface area contributed by atoms with E-state index in [-0.39, 0.29) is 5.56 Å². The Morgan fingerprint density at radius 3 is 2.70 bits per heavy atom. The summed E-state index contributed by atoms with van der Waals surface area (Å²) in [4.78, 5) is 23.1. The summed E-state index contributed by atoms with van der Waals surface area (Å²) in [5, 5.41) is 0.583. The van der Waals surface area contributed by atoms with E-state index in [4.69, 9.17) is 4.74 Å². The Hall–Kier alpha value is -2.69. The van der Waals surface area contributed by atoms with Gasteiger partial charge in [-0.3, -0.25) is 4.79 Å². The number of methoxy groups -OCH3 is 1. The minimum Gasteiger partial charge on any atom is -0.481 e. The highest BCUT2D eigenvalue weighted by atomic mass is 16.5. The van der Waals surface area contributed by atoms with Gasteiger partial charge < -0.3 is 9.72 Å². The molecule has 0 aliphatic heterocycles. The highest BCUT2D eigenvalue weighted by Crippen LogP contribution is 2.29. The van der Waals surface area contributed by atoms with Gasteiger partial charge in [0.1, 0.15) is 0 Å². The molecule has 1 aromatic carbocycles. The van der Waals surface area contributed by atoms with Gasteiger partial charge in [-0.1, -0.05) is 6.07 Å². The first kappa shape index (κ1) is 12.3. The molecule has 0 fully saturated rings. The Balaban J connectivity index is 2.34. The maximum Gasteiger partial charge on any atom is 0.259 e. The van der Waals surface area contributed by atoms with Crippen LogP contribution in [0.5, 0.6) is 5.88 Å². The van der Waals surface area contributed by atoms with Gasteiger partial charge in [-0.2, -0.15) is 0 Å². The quantitative estimate of drug-likeness (QED) is 0.773. The number of benzene rings is 1. The van der Waals surface area contributed by atoms with Crippen LogP contribution in [0.2, 0.25) is 0 Å². The van der Waals surface area contributed by atoms with E-state index in [2.05, 4.69) is 15.0 Å². The van der Waals surface area contributed by atoms with Gasteiger partial charge >= 0.3 is 0 Å². The summed E-state index contributed by atoms with van der Waals surface area (Å²) in [6.07, 6.45) is 3.11. The van der Waals surface area contributed by atoms with Crippen LogP contribution in [-0.4, -0.2) is 22.1 Å². The summed E-state index contributed by atoms with van der Waals surface area (Å²) in [6, 6.07) is 7.47. The molecule has 0 saturated heterocycles. The van der Waals surface area contributed by atoms with E-state index in [0.717, 1.165) is 16.7 Å². The SMILES string of the molecule is COc1ccc(-c2c(C)ccc3nc[nH]c(=O)c23)cn1. The van der Waals surface area contributed by atoms with Crippen molar-refractivity contribution in [3.05, 3.63) is 52.7 Å². The minimum absolute atomic E-state index is 0.149. The van der Waals surface area contributed by atoms with Crippen LogP contribution in [0.3, 0.4) is 0 Å². The molecule has 5 nitrogen and oxygen atoms in total. The fourth-order valence-electron chi connectivity index (χ4n) is 2.29. The number of aromatic amines is 1. The second-order valence-corrected chi connectivity index (χ2v) is 4.47. The van der Waals surface area contributed by atoms with E-state index in [9.17, 15) is 4.79 Å². The molecular formula is C15H13N3O2. The Morgan fingerprint density at radius 1 is 1.15 bits per heavy atom. The molecule has 1 N–H and O–H groups in total. The topological polar surface area (TPSA) is 67.9 Å². The van der Waals surface area contributed by atoms with Crippen molar-refractivity contribution in [2.45, 2.75) is 6.92 Å². The number of nitrogens with one attached hydrogen (secondary N) is 1. The van der Waals surface area contributed by atoms with Crippen molar-refractivity contribution in [1.82, 2.24) is 15.0 Å². The van der Waals surface area contributed by atoms with Crippen LogP contribution < -0.4 is 10.3 Å². The fourth-order valence-corrected chi connectivity index (χ4v) is 2.29. The third-order valence-electron chi connectivity index (χ3n) is 3.25. The number of pyridine rings is 1. The van der Waals surface area contributed by atoms with Gasteiger partial charge in [0.05, 0.1) is 24.3 Å². The lowest BCUT2D eigenvalue weighted by Crippen LogP contribution is -2.08. The Morgan fingerprint density at radius 2 is 2.00 bits per heavy atom. The zero-order valence-electron chi connectivity index (χ0n) is 11.2. The number of fused-ring (bicyclic) bond motifs is 1. The molecule has 0 saturated carbocycles. The second kappa shape index (κ2) is 4.77. The predicted molar refractivity (Wildman–Crippen MR) is 76.9 cm³/mol. The molecule has 0 atom stereocenters. The summed E-state index contributed by atoms with van der Waals surface area (Å²) in [5.41, 5.74) is 3.25. The molecule has 0 radical (unpaired) electrons. The van der Waals surface area contributed by atoms with Gasteiger partial charge in [-0.25, -0.2) is 9.97 Å². The zero-order chi connectivity index (χ0) is 14.1. The Bertz CT molecular complexity index is 823. The highest BCUT2D eigenvalue weighted by Gasteiger charge is 2.11. The third-order valence-corrected chi connectivity index (χ3v) is 3.25. The molecule has 3 rings (SSSR count). The van der Waals surface area contributed by atoms with Crippen molar-refractivity contribution in [3.63, 3.8) is 0 Å². The van der Waals surface area contributed by atoms with Crippen molar-refractivity contribution in [2.75, 3.05) is 7.11 Å². The smallest absolute Gasteiger partial charge is 0.259 e. The Kier molecular flexibility index (Phi) is 2.95. The van der Waals surface area contributed by atoms with Gasteiger partial charge in [0.2, 0.25) is 5.88 Å². The fraction of sp³-hybridized carbons (Fsp3) is 0.133. The maximum atomic E-state index is 12.1. The van der Waals surface area contributed by atoms with Crippen LogP contribution in [0.1, 0.15) is 5.56 Å². The number of nitrogens with zero attached hydrogens (tertiary/aromatic N) is 2. The van der Waals surface area contributed by atoms with Crippen LogP contribution in [0.25, 0.3) is 22.0 Å². The summed E-state index contributed by atoms with van der Waals surface area (Å²) in [6.45, 7) is 1.96. The second-order valence-electron chi connectivity index (χ2n) is 4.47. The van der Waals surface area contributed by atoms with Gasteiger partial charge in [0, 0.05) is 23.4 Å². The molecule has 0 unspecified atom stereocenters. The first-order valence-corrected chi connectivity index (χ1v) is 6.18. The van der Waals surface area contributed by atoms with Crippen molar-refractivity contribution >= 4 is 10.9 Å². The monoisotopic (exact) mass is 267 g/mol. The number of hydrogen-bond donors (Lipinski definition) is 1. The average Bonchev–Trinajstić information content (AvgIpc) is 2.48. The molecular weight excluding hydrogens is 254 g/mol. The molecule has 2 heterocycles. The van der Waals surface area contributed by atoms with E-state index in [1.54, 1.807) is 19.4 Å². The van der Waals surface area contributed by atoms with Gasteiger partial charge in [-0.15, -0.1) is 0 Å². The molecule has 5 heteroatoms. The molecule has 0 spiro atoms. The van der Waals surface area contributed by atoms with Crippen LogP contribution >= 0.6 is 0 Å². The third kappa shape index (κ3) is 1.93. The van der Waals surface area contributed by atoms with Crippen LogP contribution in [-0.2, 0) is 0 Å². The Labute approximate surface area is 115 Å². The number of aromatic nitrogens is 3. The summed E-state index contributed by atoms with van der Waals surface area (Å²) in [7, 11) is 1.57. The molecule has 2 aromatic heterocycles. The van der Waals surface area contributed by atoms with E-state index in [0.29, 0.717) is 16.8 Å². The van der Waals surface area contributed by atoms with E-state index >= 15 is 0 Å². The molecule has 0 amide bonds. The lowest BCUT2D eigenvalue weighted by atomic mass is 9.98. The van der Waals surface area contributed by atoms with Gasteiger partial charge in [0.25, 0.3) is 5.56 Å². The van der Waals surface area contributed by atoms with Gasteiger partial charge in [-0.05, 0) is 24.6 Å². The van der Waals surface area contributed by atoms with Crippen molar-refractivity contribution in [2.24, 2.45) is 0 Å². The zero-order valence-corrected chi connectivity index (χ0v) is 11.2. The van der Waals surface area contributed by atoms with Crippen LogP contribution in [0.4, 0.5) is 0 Å². The minimum atomic E-state index is -0.149. The first-order chi connectivity index (χ1) is 9.70. The number of hydrogen-bond acceptors (Lipinski definition) is 4. The molecule has 0 aliphatic rings.